The molecular weight excluding hydrogens is 316 g/mol. The largest absolute Gasteiger partial charge is 0.481 e. The van der Waals surface area contributed by atoms with Crippen LogP contribution >= 0.6 is 11.8 Å². The smallest absolute Gasteiger partial charge is 0.317 e. The molecule has 122 valence electrons. The minimum Gasteiger partial charge on any atom is -0.481 e. The summed E-state index contributed by atoms with van der Waals surface area (Å²) in [6.07, 6.45) is 3.51. The van der Waals surface area contributed by atoms with Gasteiger partial charge in [0.1, 0.15) is 0 Å². The second kappa shape index (κ2) is 8.47. The van der Waals surface area contributed by atoms with Crippen molar-refractivity contribution in [1.82, 2.24) is 10.2 Å². The van der Waals surface area contributed by atoms with Crippen molar-refractivity contribution in [3.8, 4) is 0 Å². The summed E-state index contributed by atoms with van der Waals surface area (Å²) >= 11 is 1.74. The Bertz CT molecular complexity index is 466. The Balaban J connectivity index is 2.52. The Morgan fingerprint density at radius 2 is 2.10 bits per heavy atom. The summed E-state index contributed by atoms with van der Waals surface area (Å²) in [5.74, 6) is -0.461. The van der Waals surface area contributed by atoms with E-state index in [4.69, 9.17) is 5.11 Å². The first-order valence-corrected chi connectivity index (χ1v) is 10.0. The molecule has 0 aromatic carbocycles. The van der Waals surface area contributed by atoms with Crippen LogP contribution in [0.2, 0.25) is 0 Å². The minimum absolute atomic E-state index is 0.0525. The molecule has 0 aliphatic carbocycles. The van der Waals surface area contributed by atoms with Crippen LogP contribution < -0.4 is 5.32 Å². The number of aliphatic carboxylic acids is 1. The van der Waals surface area contributed by atoms with Gasteiger partial charge >= 0.3 is 12.0 Å². The Hall–Kier alpha value is -0.960. The number of thioether (sulfide) groups is 1. The van der Waals surface area contributed by atoms with Crippen molar-refractivity contribution in [2.24, 2.45) is 0 Å². The molecule has 0 saturated carbocycles. The van der Waals surface area contributed by atoms with Gasteiger partial charge in [-0.1, -0.05) is 0 Å². The SMILES string of the molecule is CSCCCCNC(=O)N1CCS(=O)(=O)CC1CC(=O)O. The van der Waals surface area contributed by atoms with E-state index in [9.17, 15) is 18.0 Å². The zero-order chi connectivity index (χ0) is 15.9. The number of carboxylic acids is 1. The zero-order valence-electron chi connectivity index (χ0n) is 12.1. The first-order valence-electron chi connectivity index (χ1n) is 6.81. The van der Waals surface area contributed by atoms with E-state index in [1.165, 1.54) is 4.90 Å². The molecule has 0 aromatic heterocycles. The van der Waals surface area contributed by atoms with Gasteiger partial charge in [0, 0.05) is 13.1 Å². The van der Waals surface area contributed by atoms with Crippen molar-refractivity contribution in [3.05, 3.63) is 0 Å². The van der Waals surface area contributed by atoms with Crippen molar-refractivity contribution in [2.45, 2.75) is 25.3 Å². The maximum absolute atomic E-state index is 12.1. The minimum atomic E-state index is -3.26. The van der Waals surface area contributed by atoms with Gasteiger partial charge in [0.15, 0.2) is 9.84 Å². The fourth-order valence-corrected chi connectivity index (χ4v) is 4.21. The average Bonchev–Trinajstić information content (AvgIpc) is 2.36. The second-order valence-electron chi connectivity index (χ2n) is 4.99. The van der Waals surface area contributed by atoms with Gasteiger partial charge in [0.2, 0.25) is 0 Å². The lowest BCUT2D eigenvalue weighted by atomic mass is 10.2. The maximum Gasteiger partial charge on any atom is 0.317 e. The normalized spacial score (nSPS) is 21.0. The number of hydrogen-bond acceptors (Lipinski definition) is 5. The van der Waals surface area contributed by atoms with Crippen molar-refractivity contribution >= 4 is 33.6 Å². The standard InChI is InChI=1S/C12H22N2O5S2/c1-20-6-3-2-4-13-12(17)14-5-7-21(18,19)9-10(14)8-11(15)16/h10H,2-9H2,1H3,(H,13,17)(H,15,16). The van der Waals surface area contributed by atoms with Gasteiger partial charge in [0.25, 0.3) is 0 Å². The Morgan fingerprint density at radius 1 is 1.38 bits per heavy atom. The molecule has 1 aliphatic rings. The van der Waals surface area contributed by atoms with Crippen LogP contribution in [0.1, 0.15) is 19.3 Å². The first-order chi connectivity index (χ1) is 9.85. The molecule has 1 unspecified atom stereocenters. The number of hydrogen-bond donors (Lipinski definition) is 2. The molecule has 0 bridgehead atoms. The van der Waals surface area contributed by atoms with Crippen LogP contribution in [-0.4, -0.2) is 73.1 Å². The van der Waals surface area contributed by atoms with Crippen LogP contribution in [-0.2, 0) is 14.6 Å². The molecule has 2 amide bonds. The summed E-state index contributed by atoms with van der Waals surface area (Å²) < 4.78 is 23.2. The lowest BCUT2D eigenvalue weighted by Gasteiger charge is -2.34. The number of carbonyl (C=O) groups excluding carboxylic acids is 1. The highest BCUT2D eigenvalue weighted by atomic mass is 32.2. The van der Waals surface area contributed by atoms with E-state index >= 15 is 0 Å². The number of amides is 2. The molecule has 1 heterocycles. The summed E-state index contributed by atoms with van der Waals surface area (Å²) in [7, 11) is -3.26. The fraction of sp³-hybridized carbons (Fsp3) is 0.833. The molecule has 0 aromatic rings. The second-order valence-corrected chi connectivity index (χ2v) is 8.21. The number of sulfone groups is 1. The van der Waals surface area contributed by atoms with E-state index in [-0.39, 0.29) is 30.5 Å². The van der Waals surface area contributed by atoms with Crippen molar-refractivity contribution in [2.75, 3.05) is 36.6 Å². The van der Waals surface area contributed by atoms with Crippen LogP contribution in [0.25, 0.3) is 0 Å². The average molecular weight is 338 g/mol. The van der Waals surface area contributed by atoms with Gasteiger partial charge in [-0.2, -0.15) is 11.8 Å². The number of unbranched alkanes of at least 4 members (excludes halogenated alkanes) is 1. The zero-order valence-corrected chi connectivity index (χ0v) is 13.7. The maximum atomic E-state index is 12.1. The van der Waals surface area contributed by atoms with Crippen molar-refractivity contribution < 1.29 is 23.1 Å². The molecule has 0 radical (unpaired) electrons. The summed E-state index contributed by atoms with van der Waals surface area (Å²) in [6, 6.07) is -1.16. The molecule has 0 spiro atoms. The molecule has 1 saturated heterocycles. The van der Waals surface area contributed by atoms with E-state index in [0.717, 1.165) is 18.6 Å². The molecule has 9 heteroatoms. The predicted octanol–water partition coefficient (Wildman–Crippen LogP) is 0.413. The highest BCUT2D eigenvalue weighted by Gasteiger charge is 2.35. The monoisotopic (exact) mass is 338 g/mol. The summed E-state index contributed by atoms with van der Waals surface area (Å²) in [6.45, 7) is 0.569. The molecule has 21 heavy (non-hydrogen) atoms. The number of nitrogens with one attached hydrogen (secondary N) is 1. The van der Waals surface area contributed by atoms with Crippen LogP contribution in [0.4, 0.5) is 4.79 Å². The highest BCUT2D eigenvalue weighted by molar-refractivity contribution is 7.98. The third kappa shape index (κ3) is 6.56. The Kier molecular flexibility index (Phi) is 7.30. The number of rotatable bonds is 7. The number of nitrogens with zero attached hydrogens (tertiary/aromatic N) is 1. The predicted molar refractivity (Wildman–Crippen MR) is 82.4 cm³/mol. The molecule has 1 atom stereocenters. The van der Waals surface area contributed by atoms with Crippen LogP contribution in [0.15, 0.2) is 0 Å². The highest BCUT2D eigenvalue weighted by Crippen LogP contribution is 2.15. The van der Waals surface area contributed by atoms with Gasteiger partial charge in [-0.3, -0.25) is 4.79 Å². The molecule has 1 fully saturated rings. The van der Waals surface area contributed by atoms with Gasteiger partial charge in [-0.15, -0.1) is 0 Å². The Labute approximate surface area is 129 Å². The fourth-order valence-electron chi connectivity index (χ4n) is 2.19. The van der Waals surface area contributed by atoms with Crippen molar-refractivity contribution in [3.63, 3.8) is 0 Å². The van der Waals surface area contributed by atoms with E-state index in [2.05, 4.69) is 5.32 Å². The third-order valence-corrected chi connectivity index (χ3v) is 5.65. The van der Waals surface area contributed by atoms with Gasteiger partial charge in [0.05, 0.1) is 24.0 Å². The van der Waals surface area contributed by atoms with E-state index in [1.54, 1.807) is 11.8 Å². The van der Waals surface area contributed by atoms with Crippen molar-refractivity contribution in [1.29, 1.82) is 0 Å². The molecule has 1 rings (SSSR count). The number of urea groups is 1. The summed E-state index contributed by atoms with van der Waals surface area (Å²) in [4.78, 5) is 24.2. The van der Waals surface area contributed by atoms with Crippen LogP contribution in [0.3, 0.4) is 0 Å². The van der Waals surface area contributed by atoms with Crippen LogP contribution in [0.5, 0.6) is 0 Å². The molecule has 7 nitrogen and oxygen atoms in total. The van der Waals surface area contributed by atoms with Gasteiger partial charge < -0.3 is 15.3 Å². The Morgan fingerprint density at radius 3 is 2.71 bits per heavy atom. The third-order valence-electron chi connectivity index (χ3n) is 3.25. The molecule has 2 N–H and O–H groups in total. The van der Waals surface area contributed by atoms with Crippen LogP contribution in [0, 0.1) is 0 Å². The topological polar surface area (TPSA) is 104 Å². The quantitative estimate of drug-likeness (QED) is 0.652. The first kappa shape index (κ1) is 18.1. The summed E-state index contributed by atoms with van der Waals surface area (Å²) in [5, 5.41) is 11.6. The van der Waals surface area contributed by atoms with E-state index in [0.29, 0.717) is 6.54 Å². The molecule has 1 aliphatic heterocycles. The lowest BCUT2D eigenvalue weighted by Crippen LogP contribution is -2.55. The van der Waals surface area contributed by atoms with E-state index < -0.39 is 21.8 Å². The summed E-state index contributed by atoms with van der Waals surface area (Å²) in [5.41, 5.74) is 0. The number of carbonyl (C=O) groups is 2. The lowest BCUT2D eigenvalue weighted by molar-refractivity contribution is -0.138. The number of carboxylic acid groups (broad SMARTS) is 1. The van der Waals surface area contributed by atoms with E-state index in [1.807, 2.05) is 6.26 Å². The molecular formula is C12H22N2O5S2. The van der Waals surface area contributed by atoms with Gasteiger partial charge in [-0.05, 0) is 24.9 Å². The van der Waals surface area contributed by atoms with Gasteiger partial charge in [-0.25, -0.2) is 13.2 Å².